The Hall–Kier alpha value is -3.13. The number of rotatable bonds is 7. The number of nitrogens with zero attached hydrogens (tertiary/aromatic N) is 2. The molecule has 29 heavy (non-hydrogen) atoms. The Balaban J connectivity index is 1.71. The summed E-state index contributed by atoms with van der Waals surface area (Å²) in [6.45, 7) is 2.78. The molecule has 1 amide bonds. The van der Waals surface area contributed by atoms with E-state index in [1.54, 1.807) is 27.2 Å². The average molecular weight is 399 g/mol. The van der Waals surface area contributed by atoms with Crippen molar-refractivity contribution >= 4 is 17.3 Å². The first-order valence-corrected chi connectivity index (χ1v) is 9.43. The Bertz CT molecular complexity index is 915. The quantitative estimate of drug-likeness (QED) is 0.564. The van der Waals surface area contributed by atoms with Gasteiger partial charge < -0.3 is 14.8 Å². The lowest BCUT2D eigenvalue weighted by molar-refractivity contribution is -0.384. The predicted molar refractivity (Wildman–Crippen MR) is 110 cm³/mol. The van der Waals surface area contributed by atoms with Gasteiger partial charge in [-0.25, -0.2) is 0 Å². The van der Waals surface area contributed by atoms with Crippen LogP contribution in [0.1, 0.15) is 30.0 Å². The summed E-state index contributed by atoms with van der Waals surface area (Å²) in [4.78, 5) is 25.2. The smallest absolute Gasteiger partial charge is 0.269 e. The number of non-ortho nitro benzene ring substituents is 1. The summed E-state index contributed by atoms with van der Waals surface area (Å²) in [5.41, 5.74) is 2.28. The molecule has 0 aliphatic carbocycles. The van der Waals surface area contributed by atoms with Crippen LogP contribution < -0.4 is 14.8 Å². The SMILES string of the molecule is COc1ccc([C@H]2CCCN2CC(=O)Nc2ccc([N+](=O)[O-])cc2C)c(OC)c1. The molecular weight excluding hydrogens is 374 g/mol. The van der Waals surface area contributed by atoms with Gasteiger partial charge >= 0.3 is 0 Å². The molecule has 154 valence electrons. The van der Waals surface area contributed by atoms with Gasteiger partial charge in [0.25, 0.3) is 5.69 Å². The van der Waals surface area contributed by atoms with Crippen LogP contribution in [0.2, 0.25) is 0 Å². The number of ether oxygens (including phenoxy) is 2. The lowest BCUT2D eigenvalue weighted by Crippen LogP contribution is -2.33. The number of anilines is 1. The van der Waals surface area contributed by atoms with Crippen molar-refractivity contribution in [3.63, 3.8) is 0 Å². The third-order valence-corrected chi connectivity index (χ3v) is 5.20. The summed E-state index contributed by atoms with van der Waals surface area (Å²) in [5, 5.41) is 13.7. The molecule has 1 heterocycles. The molecule has 2 aromatic carbocycles. The second kappa shape index (κ2) is 8.91. The van der Waals surface area contributed by atoms with Crippen molar-refractivity contribution in [2.24, 2.45) is 0 Å². The van der Waals surface area contributed by atoms with Crippen molar-refractivity contribution in [1.29, 1.82) is 0 Å². The molecule has 0 saturated carbocycles. The van der Waals surface area contributed by atoms with Crippen molar-refractivity contribution in [1.82, 2.24) is 4.90 Å². The third kappa shape index (κ3) is 4.65. The number of carbonyl (C=O) groups excluding carboxylic acids is 1. The van der Waals surface area contributed by atoms with Crippen LogP contribution in [-0.2, 0) is 4.79 Å². The summed E-state index contributed by atoms with van der Waals surface area (Å²) in [6, 6.07) is 10.2. The molecule has 0 aromatic heterocycles. The molecule has 1 atom stereocenters. The zero-order valence-electron chi connectivity index (χ0n) is 16.8. The van der Waals surface area contributed by atoms with Gasteiger partial charge in [0.2, 0.25) is 5.91 Å². The number of nitro benzene ring substituents is 1. The van der Waals surface area contributed by atoms with Crippen LogP contribution in [0.5, 0.6) is 11.5 Å². The molecule has 1 fully saturated rings. The van der Waals surface area contributed by atoms with Crippen molar-refractivity contribution in [2.75, 3.05) is 32.6 Å². The van der Waals surface area contributed by atoms with Crippen molar-refractivity contribution in [3.05, 3.63) is 57.6 Å². The maximum Gasteiger partial charge on any atom is 0.269 e. The standard InChI is InChI=1S/C21H25N3O5/c1-14-11-15(24(26)27)6-9-18(14)22-21(25)13-23-10-4-5-19(23)17-8-7-16(28-2)12-20(17)29-3/h6-9,11-12,19H,4-5,10,13H2,1-3H3,(H,22,25)/t19-/m1/s1. The van der Waals surface area contributed by atoms with Gasteiger partial charge in [0.1, 0.15) is 11.5 Å². The number of amides is 1. The normalized spacial score (nSPS) is 16.4. The molecule has 1 N–H and O–H groups in total. The Morgan fingerprint density at radius 3 is 2.69 bits per heavy atom. The maximum absolute atomic E-state index is 12.6. The second-order valence-corrected chi connectivity index (χ2v) is 7.04. The van der Waals surface area contributed by atoms with E-state index in [9.17, 15) is 14.9 Å². The molecule has 0 bridgehead atoms. The zero-order valence-corrected chi connectivity index (χ0v) is 16.8. The molecule has 2 aromatic rings. The molecule has 0 unspecified atom stereocenters. The highest BCUT2D eigenvalue weighted by atomic mass is 16.6. The van der Waals surface area contributed by atoms with Crippen LogP contribution in [-0.4, -0.2) is 43.0 Å². The Labute approximate surface area is 169 Å². The van der Waals surface area contributed by atoms with E-state index in [4.69, 9.17) is 9.47 Å². The van der Waals surface area contributed by atoms with Gasteiger partial charge in [0.15, 0.2) is 0 Å². The van der Waals surface area contributed by atoms with Gasteiger partial charge in [-0.15, -0.1) is 0 Å². The van der Waals surface area contributed by atoms with Gasteiger partial charge in [-0.3, -0.25) is 19.8 Å². The zero-order chi connectivity index (χ0) is 21.0. The van der Waals surface area contributed by atoms with E-state index in [0.717, 1.165) is 36.4 Å². The number of likely N-dealkylation sites (tertiary alicyclic amines) is 1. The molecule has 8 nitrogen and oxygen atoms in total. The Morgan fingerprint density at radius 2 is 2.03 bits per heavy atom. The fraction of sp³-hybridized carbons (Fsp3) is 0.381. The summed E-state index contributed by atoms with van der Waals surface area (Å²) in [7, 11) is 3.24. The molecule has 1 aliphatic rings. The van der Waals surface area contributed by atoms with Crippen LogP contribution in [0.25, 0.3) is 0 Å². The third-order valence-electron chi connectivity index (χ3n) is 5.20. The minimum Gasteiger partial charge on any atom is -0.497 e. The summed E-state index contributed by atoms with van der Waals surface area (Å²) < 4.78 is 10.8. The molecule has 8 heteroatoms. The van der Waals surface area contributed by atoms with E-state index in [1.807, 2.05) is 18.2 Å². The van der Waals surface area contributed by atoms with Crippen molar-refractivity contribution < 1.29 is 19.2 Å². The van der Waals surface area contributed by atoms with E-state index < -0.39 is 4.92 Å². The molecular formula is C21H25N3O5. The van der Waals surface area contributed by atoms with Crippen LogP contribution in [0, 0.1) is 17.0 Å². The number of methoxy groups -OCH3 is 2. The summed E-state index contributed by atoms with van der Waals surface area (Å²) >= 11 is 0. The molecule has 1 aliphatic heterocycles. The van der Waals surface area contributed by atoms with E-state index in [2.05, 4.69) is 10.2 Å². The van der Waals surface area contributed by atoms with Gasteiger partial charge in [0, 0.05) is 35.5 Å². The van der Waals surface area contributed by atoms with Gasteiger partial charge in [-0.05, 0) is 44.0 Å². The first-order valence-electron chi connectivity index (χ1n) is 9.43. The molecule has 0 spiro atoms. The Morgan fingerprint density at radius 1 is 1.24 bits per heavy atom. The minimum atomic E-state index is -0.449. The fourth-order valence-electron chi connectivity index (χ4n) is 3.74. The number of benzene rings is 2. The average Bonchev–Trinajstić information content (AvgIpc) is 3.16. The summed E-state index contributed by atoms with van der Waals surface area (Å²) in [5.74, 6) is 1.32. The van der Waals surface area contributed by atoms with Crippen LogP contribution in [0.15, 0.2) is 36.4 Å². The fourth-order valence-corrected chi connectivity index (χ4v) is 3.74. The summed E-state index contributed by atoms with van der Waals surface area (Å²) in [6.07, 6.45) is 1.93. The number of nitrogens with one attached hydrogen (secondary N) is 1. The highest BCUT2D eigenvalue weighted by molar-refractivity contribution is 5.93. The minimum absolute atomic E-state index is 0.00621. The second-order valence-electron chi connectivity index (χ2n) is 7.04. The van der Waals surface area contributed by atoms with Gasteiger partial charge in [0.05, 0.1) is 25.7 Å². The number of aryl methyl sites for hydroxylation is 1. The predicted octanol–water partition coefficient (Wildman–Crippen LogP) is 3.70. The first-order chi connectivity index (χ1) is 13.9. The van der Waals surface area contributed by atoms with E-state index in [0.29, 0.717) is 11.3 Å². The monoisotopic (exact) mass is 399 g/mol. The molecule has 1 saturated heterocycles. The number of nitro groups is 1. The maximum atomic E-state index is 12.6. The molecule has 0 radical (unpaired) electrons. The van der Waals surface area contributed by atoms with Crippen LogP contribution in [0.3, 0.4) is 0 Å². The lowest BCUT2D eigenvalue weighted by atomic mass is 10.0. The Kier molecular flexibility index (Phi) is 6.33. The lowest BCUT2D eigenvalue weighted by Gasteiger charge is -2.26. The van der Waals surface area contributed by atoms with E-state index >= 15 is 0 Å². The van der Waals surface area contributed by atoms with Gasteiger partial charge in [-0.1, -0.05) is 6.07 Å². The topological polar surface area (TPSA) is 93.9 Å². The highest BCUT2D eigenvalue weighted by Crippen LogP contribution is 2.38. The largest absolute Gasteiger partial charge is 0.497 e. The number of carbonyl (C=O) groups is 1. The van der Waals surface area contributed by atoms with Gasteiger partial charge in [-0.2, -0.15) is 0 Å². The number of hydrogen-bond acceptors (Lipinski definition) is 6. The van der Waals surface area contributed by atoms with E-state index in [-0.39, 0.29) is 24.2 Å². The van der Waals surface area contributed by atoms with E-state index in [1.165, 1.54) is 12.1 Å². The van der Waals surface area contributed by atoms with Crippen molar-refractivity contribution in [3.8, 4) is 11.5 Å². The van der Waals surface area contributed by atoms with Crippen LogP contribution in [0.4, 0.5) is 11.4 Å². The molecule has 3 rings (SSSR count). The van der Waals surface area contributed by atoms with Crippen molar-refractivity contribution in [2.45, 2.75) is 25.8 Å². The first kappa shape index (κ1) is 20.6. The number of hydrogen-bond donors (Lipinski definition) is 1. The highest BCUT2D eigenvalue weighted by Gasteiger charge is 2.30. The van der Waals surface area contributed by atoms with Crippen LogP contribution >= 0.6 is 0 Å².